The molecule has 5 rings (SSSR count). The SMILES string of the molecule is [3H]PSO[C@@H](C)[C@H](C)/C=C\C(OC(=O)c1ccccc1)[C@H]1OC(C)(C)O[C@@H]1CCC([Se]c1ccccc1)c1cc(OCc2ccc(OC)cc2)cc(OCOC)c1C(=O)OCC[Si](C)(C)C. The average Bonchev–Trinajstić information content (AvgIpc) is 3.62. The molecule has 0 saturated carbocycles. The topological polar surface area (TPSA) is 117 Å². The zero-order chi connectivity index (χ0) is 47.7. The fourth-order valence-electron chi connectivity index (χ4n) is 7.02. The Balaban J connectivity index is 1.56. The first kappa shape index (κ1) is 50.7. The summed E-state index contributed by atoms with van der Waals surface area (Å²) in [6.07, 6.45) is 2.61. The van der Waals surface area contributed by atoms with Crippen molar-refractivity contribution in [3.05, 3.63) is 131 Å². The van der Waals surface area contributed by atoms with Crippen molar-refractivity contribution in [1.29, 1.82) is 1.28 Å². The summed E-state index contributed by atoms with van der Waals surface area (Å²) >= 11 is 0.886. The summed E-state index contributed by atoms with van der Waals surface area (Å²) in [7, 11) is 1.47. The van der Waals surface area contributed by atoms with E-state index in [1.54, 1.807) is 37.4 Å². The van der Waals surface area contributed by atoms with Crippen LogP contribution in [0.1, 0.15) is 77.2 Å². The number of benzene rings is 4. The van der Waals surface area contributed by atoms with E-state index in [4.69, 9.17) is 43.4 Å². The first-order chi connectivity index (χ1) is 31.6. The van der Waals surface area contributed by atoms with Gasteiger partial charge in [-0.2, -0.15) is 0 Å². The third-order valence-electron chi connectivity index (χ3n) is 10.7. The molecule has 3 unspecified atom stereocenters. The quantitative estimate of drug-likeness (QED) is 0.0149. The van der Waals surface area contributed by atoms with Gasteiger partial charge in [-0.15, -0.1) is 0 Å². The first-order valence-electron chi connectivity index (χ1n) is 22.3. The van der Waals surface area contributed by atoms with Gasteiger partial charge in [-0.05, 0) is 8.39 Å². The molecule has 0 amide bonds. The van der Waals surface area contributed by atoms with Crippen LogP contribution in [0.4, 0.5) is 0 Å². The molecule has 0 aromatic heterocycles. The molecule has 7 atom stereocenters. The van der Waals surface area contributed by atoms with Crippen molar-refractivity contribution in [3.8, 4) is 17.2 Å². The monoisotopic (exact) mass is 1010 g/mol. The summed E-state index contributed by atoms with van der Waals surface area (Å²) in [4.78, 5) is 28.0. The third-order valence-corrected chi connectivity index (χ3v) is 15.9. The Labute approximate surface area is 400 Å². The van der Waals surface area contributed by atoms with Crippen LogP contribution >= 0.6 is 20.0 Å². The summed E-state index contributed by atoms with van der Waals surface area (Å²) in [5, 5.41) is 0. The van der Waals surface area contributed by atoms with Gasteiger partial charge in [0.15, 0.2) is 0 Å². The third kappa shape index (κ3) is 16.6. The summed E-state index contributed by atoms with van der Waals surface area (Å²) in [5.74, 6) is -0.475. The number of carbonyl (C=O) groups excluding carboxylic acids is 2. The molecule has 0 aliphatic carbocycles. The fourth-order valence-corrected chi connectivity index (χ4v) is 11.1. The van der Waals surface area contributed by atoms with Crippen LogP contribution < -0.4 is 18.7 Å². The maximum atomic E-state index is 14.5. The number of esters is 2. The Kier molecular flexibility index (Phi) is 19.9. The minimum atomic E-state index is -1.54. The molecule has 4 aromatic rings. The van der Waals surface area contributed by atoms with E-state index < -0.39 is 44.1 Å². The van der Waals surface area contributed by atoms with E-state index in [1.807, 2.05) is 94.4 Å². The molecule has 11 nitrogen and oxygen atoms in total. The molecular weight excluding hydrogens is 947 g/mol. The summed E-state index contributed by atoms with van der Waals surface area (Å²) in [6.45, 7) is 14.9. The van der Waals surface area contributed by atoms with Crippen molar-refractivity contribution >= 4 is 59.5 Å². The van der Waals surface area contributed by atoms with Crippen molar-refractivity contribution in [3.63, 3.8) is 0 Å². The normalized spacial score (nSPS) is 18.2. The predicted molar refractivity (Wildman–Crippen MR) is 264 cm³/mol. The number of rotatable bonds is 26. The van der Waals surface area contributed by atoms with E-state index in [-0.39, 0.29) is 60.2 Å². The molecule has 0 spiro atoms. The molecule has 1 saturated heterocycles. The number of methoxy groups -OCH3 is 2. The van der Waals surface area contributed by atoms with Crippen LogP contribution in [0.5, 0.6) is 17.2 Å². The minimum absolute atomic E-state index is 0.0730. The molecule has 65 heavy (non-hydrogen) atoms. The number of hydrogen-bond acceptors (Lipinski definition) is 12. The summed E-state index contributed by atoms with van der Waals surface area (Å²) in [6, 6.07) is 31.3. The van der Waals surface area contributed by atoms with E-state index in [2.05, 4.69) is 31.8 Å². The van der Waals surface area contributed by atoms with E-state index in [0.29, 0.717) is 35.5 Å². The Morgan fingerprint density at radius 1 is 0.908 bits per heavy atom. The van der Waals surface area contributed by atoms with Crippen LogP contribution in [-0.4, -0.2) is 94.1 Å². The zero-order valence-electron chi connectivity index (χ0n) is 39.9. The average molecular weight is 1010 g/mol. The molecule has 1 aliphatic heterocycles. The van der Waals surface area contributed by atoms with Gasteiger partial charge in [-0.25, -0.2) is 0 Å². The maximum absolute atomic E-state index is 14.5. The second-order valence-electron chi connectivity index (χ2n) is 17.5. The fraction of sp³-hybridized carbons (Fsp3) is 0.440. The van der Waals surface area contributed by atoms with E-state index >= 15 is 0 Å². The van der Waals surface area contributed by atoms with Gasteiger partial charge in [0.05, 0.1) is 1.28 Å². The number of carbonyl (C=O) groups is 2. The van der Waals surface area contributed by atoms with E-state index in [1.165, 1.54) is 7.11 Å². The second kappa shape index (κ2) is 25.4. The van der Waals surface area contributed by atoms with Crippen LogP contribution in [0.15, 0.2) is 109 Å². The molecule has 1 aliphatic rings. The van der Waals surface area contributed by atoms with Gasteiger partial charge in [-0.3, -0.25) is 0 Å². The van der Waals surface area contributed by atoms with Crippen molar-refractivity contribution in [2.75, 3.05) is 27.6 Å². The molecule has 0 bridgehead atoms. The van der Waals surface area contributed by atoms with Gasteiger partial charge < -0.3 is 0 Å². The standard InChI is InChI=1S/C50H65O11PSSeSi/c1-34(35(2)61-63-62)20-25-42(58-48(51)37-16-12-10-13-17-37)47-43(59-50(3,4)60-47)26-27-45(64-40-18-14-11-15-19-40)41-30-39(56-32-36-21-23-38(54-6)24-22-36)31-44(57-33-53-5)46(41)49(52)55-28-29-65(7,8)9/h10-25,30-31,34-35,42-43,45,47H,26-29,32-33,62H2,1-9H3/b25-20-/t34-,35+,42?,43-,45?,47-/m1/s1/i62T/t34-,35+,42?,43-,45?,47-,62?. The van der Waals surface area contributed by atoms with Crippen LogP contribution in [0.2, 0.25) is 25.7 Å². The van der Waals surface area contributed by atoms with Crippen molar-refractivity contribution in [2.24, 2.45) is 5.92 Å². The van der Waals surface area contributed by atoms with Crippen LogP contribution in [0, 0.1) is 5.92 Å². The van der Waals surface area contributed by atoms with Gasteiger partial charge >= 0.3 is 393 Å². The molecule has 15 heteroatoms. The van der Waals surface area contributed by atoms with E-state index in [9.17, 15) is 9.59 Å². The van der Waals surface area contributed by atoms with Crippen molar-refractivity contribution in [1.82, 2.24) is 0 Å². The molecule has 4 aromatic carbocycles. The molecular formula is C50H65O11PSSeSi. The summed E-state index contributed by atoms with van der Waals surface area (Å²) in [5.41, 5.74) is 2.41. The second-order valence-corrected chi connectivity index (χ2v) is 26.7. The van der Waals surface area contributed by atoms with Crippen molar-refractivity contribution in [2.45, 2.75) is 108 Å². The first-order valence-corrected chi connectivity index (χ1v) is 29.3. The summed E-state index contributed by atoms with van der Waals surface area (Å²) < 4.78 is 63.6. The van der Waals surface area contributed by atoms with Crippen LogP contribution in [-0.2, 0) is 34.5 Å². The Morgan fingerprint density at radius 2 is 1.62 bits per heavy atom. The van der Waals surface area contributed by atoms with Crippen LogP contribution in [0.25, 0.3) is 0 Å². The Bertz CT molecular complexity index is 2150. The molecule has 0 N–H and O–H groups in total. The van der Waals surface area contributed by atoms with Gasteiger partial charge in [0.1, 0.15) is 0 Å². The van der Waals surface area contributed by atoms with Gasteiger partial charge in [-0.1, -0.05) is 0 Å². The number of hydrogen-bond donors (Lipinski definition) is 0. The molecule has 1 heterocycles. The molecule has 352 valence electrons. The zero-order valence-corrected chi connectivity index (χ0v) is 43.4. The van der Waals surface area contributed by atoms with Crippen LogP contribution in [0.3, 0.4) is 0 Å². The van der Waals surface area contributed by atoms with E-state index in [0.717, 1.165) is 39.0 Å². The Hall–Kier alpha value is -3.68. The number of ether oxygens (including phenoxy) is 8. The van der Waals surface area contributed by atoms with Crippen molar-refractivity contribution < 1.29 is 51.7 Å². The predicted octanol–water partition coefficient (Wildman–Crippen LogP) is 10.4. The Morgan fingerprint density at radius 3 is 2.28 bits per heavy atom. The van der Waals surface area contributed by atoms with Gasteiger partial charge in [0.2, 0.25) is 0 Å². The molecule has 0 radical (unpaired) electrons. The van der Waals surface area contributed by atoms with Gasteiger partial charge in [0.25, 0.3) is 0 Å². The van der Waals surface area contributed by atoms with Gasteiger partial charge in [0, 0.05) is 0 Å². The molecule has 1 fully saturated rings.